The molecule has 1 aromatic heterocycles. The van der Waals surface area contributed by atoms with Crippen LogP contribution in [-0.4, -0.2) is 30.3 Å². The molecule has 0 saturated carbocycles. The molecule has 0 amide bonds. The average Bonchev–Trinajstić information content (AvgIpc) is 2.91. The van der Waals surface area contributed by atoms with Crippen molar-refractivity contribution < 1.29 is 4.74 Å². The predicted octanol–water partition coefficient (Wildman–Crippen LogP) is 4.40. The van der Waals surface area contributed by atoms with Gasteiger partial charge in [0, 0.05) is 17.5 Å². The summed E-state index contributed by atoms with van der Waals surface area (Å²) >= 11 is 4.01. The number of aryl methyl sites for hydroxylation is 1. The average molecular weight is 326 g/mol. The summed E-state index contributed by atoms with van der Waals surface area (Å²) in [5, 5.41) is 6.00. The van der Waals surface area contributed by atoms with Gasteiger partial charge in [-0.15, -0.1) is 11.3 Å². The third-order valence-electron chi connectivity index (χ3n) is 5.01. The first-order valence-corrected chi connectivity index (χ1v) is 10.3. The van der Waals surface area contributed by atoms with E-state index in [2.05, 4.69) is 42.4 Å². The summed E-state index contributed by atoms with van der Waals surface area (Å²) in [6.07, 6.45) is 4.93. The number of hydrogen-bond donors (Lipinski definition) is 1. The first-order chi connectivity index (χ1) is 10.2. The number of hydrogen-bond acceptors (Lipinski definition) is 4. The Hall–Kier alpha value is -0.0300. The van der Waals surface area contributed by atoms with E-state index in [4.69, 9.17) is 4.74 Å². The summed E-state index contributed by atoms with van der Waals surface area (Å²) in [5.41, 5.74) is 1.64. The Morgan fingerprint density at radius 3 is 2.90 bits per heavy atom. The van der Waals surface area contributed by atoms with Gasteiger partial charge in [-0.1, -0.05) is 6.92 Å². The summed E-state index contributed by atoms with van der Waals surface area (Å²) in [7, 11) is 0. The van der Waals surface area contributed by atoms with E-state index < -0.39 is 0 Å². The molecule has 3 heterocycles. The first kappa shape index (κ1) is 15.9. The van der Waals surface area contributed by atoms with Gasteiger partial charge in [0.25, 0.3) is 0 Å². The SMILES string of the molecule is CCNC(c1sccc1C)C1CCOC2(CCSCC2)C1. The van der Waals surface area contributed by atoms with Crippen molar-refractivity contribution in [1.29, 1.82) is 0 Å². The van der Waals surface area contributed by atoms with Gasteiger partial charge in [-0.3, -0.25) is 0 Å². The molecule has 0 aromatic carbocycles. The number of rotatable bonds is 4. The molecular formula is C17H27NOS2. The van der Waals surface area contributed by atoms with Crippen molar-refractivity contribution in [2.24, 2.45) is 5.92 Å². The van der Waals surface area contributed by atoms with Gasteiger partial charge in [-0.05, 0) is 73.6 Å². The lowest BCUT2D eigenvalue weighted by atomic mass is 9.78. The van der Waals surface area contributed by atoms with Crippen molar-refractivity contribution >= 4 is 23.1 Å². The van der Waals surface area contributed by atoms with E-state index in [-0.39, 0.29) is 5.60 Å². The van der Waals surface area contributed by atoms with E-state index in [1.165, 1.54) is 42.8 Å². The lowest BCUT2D eigenvalue weighted by Crippen LogP contribution is -2.45. The Balaban J connectivity index is 1.77. The fourth-order valence-corrected chi connectivity index (χ4v) is 6.17. The van der Waals surface area contributed by atoms with Crippen LogP contribution in [-0.2, 0) is 4.74 Å². The minimum absolute atomic E-state index is 0.188. The van der Waals surface area contributed by atoms with Crippen molar-refractivity contribution in [3.63, 3.8) is 0 Å². The monoisotopic (exact) mass is 325 g/mol. The highest BCUT2D eigenvalue weighted by molar-refractivity contribution is 7.99. The van der Waals surface area contributed by atoms with Gasteiger partial charge in [0.1, 0.15) is 0 Å². The van der Waals surface area contributed by atoms with Crippen molar-refractivity contribution in [3.05, 3.63) is 21.9 Å². The van der Waals surface area contributed by atoms with Gasteiger partial charge < -0.3 is 10.1 Å². The highest BCUT2D eigenvalue weighted by atomic mass is 32.2. The summed E-state index contributed by atoms with van der Waals surface area (Å²) in [5.74, 6) is 3.27. The molecule has 2 fully saturated rings. The molecule has 2 unspecified atom stereocenters. The molecule has 2 aliphatic rings. The topological polar surface area (TPSA) is 21.3 Å². The zero-order valence-electron chi connectivity index (χ0n) is 13.2. The smallest absolute Gasteiger partial charge is 0.0701 e. The zero-order chi connectivity index (χ0) is 14.7. The summed E-state index contributed by atoms with van der Waals surface area (Å²) < 4.78 is 6.27. The van der Waals surface area contributed by atoms with E-state index in [0.717, 1.165) is 19.1 Å². The van der Waals surface area contributed by atoms with E-state index >= 15 is 0 Å². The lowest BCUT2D eigenvalue weighted by molar-refractivity contribution is -0.107. The van der Waals surface area contributed by atoms with Crippen LogP contribution in [0.1, 0.15) is 49.1 Å². The van der Waals surface area contributed by atoms with E-state index in [9.17, 15) is 0 Å². The highest BCUT2D eigenvalue weighted by Crippen LogP contribution is 2.44. The highest BCUT2D eigenvalue weighted by Gasteiger charge is 2.41. The molecule has 21 heavy (non-hydrogen) atoms. The fourth-order valence-electron chi connectivity index (χ4n) is 3.84. The molecule has 2 aliphatic heterocycles. The maximum absolute atomic E-state index is 6.27. The van der Waals surface area contributed by atoms with E-state index in [1.54, 1.807) is 4.88 Å². The summed E-state index contributed by atoms with van der Waals surface area (Å²) in [4.78, 5) is 1.55. The molecule has 3 rings (SSSR count). The maximum atomic E-state index is 6.27. The molecule has 2 atom stereocenters. The second-order valence-electron chi connectivity index (χ2n) is 6.40. The largest absolute Gasteiger partial charge is 0.375 e. The quantitative estimate of drug-likeness (QED) is 0.886. The van der Waals surface area contributed by atoms with Crippen molar-refractivity contribution in [2.75, 3.05) is 24.7 Å². The van der Waals surface area contributed by atoms with Crippen LogP contribution in [0, 0.1) is 12.8 Å². The third kappa shape index (κ3) is 3.49. The Labute approximate surface area is 137 Å². The van der Waals surface area contributed by atoms with Gasteiger partial charge in [-0.25, -0.2) is 0 Å². The van der Waals surface area contributed by atoms with E-state index in [0.29, 0.717) is 6.04 Å². The second kappa shape index (κ2) is 7.03. The Morgan fingerprint density at radius 2 is 2.24 bits per heavy atom. The van der Waals surface area contributed by atoms with Crippen LogP contribution in [0.2, 0.25) is 0 Å². The van der Waals surface area contributed by atoms with Crippen molar-refractivity contribution in [1.82, 2.24) is 5.32 Å². The van der Waals surface area contributed by atoms with Crippen molar-refractivity contribution in [2.45, 2.75) is 51.2 Å². The second-order valence-corrected chi connectivity index (χ2v) is 8.57. The van der Waals surface area contributed by atoms with Gasteiger partial charge in [0.2, 0.25) is 0 Å². The molecule has 1 aromatic rings. The molecule has 2 saturated heterocycles. The molecule has 0 bridgehead atoms. The number of thioether (sulfide) groups is 1. The normalized spacial score (nSPS) is 26.9. The first-order valence-electron chi connectivity index (χ1n) is 8.23. The lowest BCUT2D eigenvalue weighted by Gasteiger charge is -2.45. The van der Waals surface area contributed by atoms with Gasteiger partial charge in [-0.2, -0.15) is 11.8 Å². The zero-order valence-corrected chi connectivity index (χ0v) is 14.8. The summed E-state index contributed by atoms with van der Waals surface area (Å²) in [6, 6.07) is 2.78. The Bertz CT molecular complexity index is 448. The minimum atomic E-state index is 0.188. The number of nitrogens with one attached hydrogen (secondary N) is 1. The number of ether oxygens (including phenoxy) is 1. The van der Waals surface area contributed by atoms with Crippen molar-refractivity contribution in [3.8, 4) is 0 Å². The van der Waals surface area contributed by atoms with Gasteiger partial charge in [0.15, 0.2) is 0 Å². The molecule has 118 valence electrons. The minimum Gasteiger partial charge on any atom is -0.375 e. The number of thiophene rings is 1. The van der Waals surface area contributed by atoms with Crippen LogP contribution < -0.4 is 5.32 Å². The van der Waals surface area contributed by atoms with Crippen LogP contribution >= 0.6 is 23.1 Å². The molecule has 4 heteroatoms. The van der Waals surface area contributed by atoms with Crippen LogP contribution in [0.15, 0.2) is 11.4 Å². The standard InChI is InChI=1S/C17H27NOS2/c1-3-18-15(16-13(2)5-9-21-16)14-4-8-19-17(12-14)6-10-20-11-7-17/h5,9,14-15,18H,3-4,6-8,10-12H2,1-2H3. The molecular weight excluding hydrogens is 298 g/mol. The molecule has 2 nitrogen and oxygen atoms in total. The fraction of sp³-hybridized carbons (Fsp3) is 0.765. The summed E-state index contributed by atoms with van der Waals surface area (Å²) in [6.45, 7) is 6.47. The third-order valence-corrected chi connectivity index (χ3v) is 7.10. The van der Waals surface area contributed by atoms with Crippen LogP contribution in [0.25, 0.3) is 0 Å². The maximum Gasteiger partial charge on any atom is 0.0701 e. The Kier molecular flexibility index (Phi) is 5.31. The Morgan fingerprint density at radius 1 is 1.43 bits per heavy atom. The predicted molar refractivity (Wildman–Crippen MR) is 93.4 cm³/mol. The van der Waals surface area contributed by atoms with Crippen LogP contribution in [0.3, 0.4) is 0 Å². The van der Waals surface area contributed by atoms with Crippen LogP contribution in [0.4, 0.5) is 0 Å². The van der Waals surface area contributed by atoms with Crippen LogP contribution in [0.5, 0.6) is 0 Å². The van der Waals surface area contributed by atoms with Gasteiger partial charge in [0.05, 0.1) is 5.60 Å². The molecule has 0 aliphatic carbocycles. The van der Waals surface area contributed by atoms with E-state index in [1.807, 2.05) is 11.3 Å². The molecule has 1 N–H and O–H groups in total. The molecule has 0 radical (unpaired) electrons. The van der Waals surface area contributed by atoms with Gasteiger partial charge >= 0.3 is 0 Å². The molecule has 1 spiro atoms.